The highest BCUT2D eigenvalue weighted by Gasteiger charge is 2.34. The standard InChI is InChI=1S/C26H29N5O5/c1-16-11-23(32)29-21-5-4-18(13-19(16)21)28-25(33)20-12-17(15-30-7-9-36-10-8-30)14-27-24(20)31-6-2-3-22(31)26(34)35/h4-5,11-14,22H,2-3,6-10,15H2,1H3,(H,28,33)(H,29,32)(H,34,35)/t22-/m1/s1. The van der Waals surface area contributed by atoms with Gasteiger partial charge in [-0.2, -0.15) is 0 Å². The Kier molecular flexibility index (Phi) is 6.71. The summed E-state index contributed by atoms with van der Waals surface area (Å²) in [6, 6.07) is 7.93. The smallest absolute Gasteiger partial charge is 0.326 e. The number of nitrogens with zero attached hydrogens (tertiary/aromatic N) is 3. The van der Waals surface area contributed by atoms with Crippen LogP contribution in [-0.2, 0) is 16.1 Å². The summed E-state index contributed by atoms with van der Waals surface area (Å²) in [5.74, 6) is -0.903. The minimum absolute atomic E-state index is 0.178. The number of aryl methyl sites for hydroxylation is 1. The Labute approximate surface area is 207 Å². The first-order chi connectivity index (χ1) is 17.4. The van der Waals surface area contributed by atoms with Crippen LogP contribution >= 0.6 is 0 Å². The molecule has 1 aromatic carbocycles. The maximum Gasteiger partial charge on any atom is 0.326 e. The highest BCUT2D eigenvalue weighted by atomic mass is 16.5. The van der Waals surface area contributed by atoms with Gasteiger partial charge in [0.25, 0.3) is 5.91 Å². The number of benzene rings is 1. The van der Waals surface area contributed by atoms with E-state index in [1.807, 2.05) is 19.1 Å². The number of anilines is 2. The van der Waals surface area contributed by atoms with Crippen LogP contribution in [0.25, 0.3) is 10.9 Å². The van der Waals surface area contributed by atoms with E-state index in [0.717, 1.165) is 36.0 Å². The minimum Gasteiger partial charge on any atom is -0.480 e. The quantitative estimate of drug-likeness (QED) is 0.480. The molecule has 0 bridgehead atoms. The molecule has 1 atom stereocenters. The number of morpholine rings is 1. The molecule has 0 saturated carbocycles. The van der Waals surface area contributed by atoms with E-state index in [-0.39, 0.29) is 11.5 Å². The van der Waals surface area contributed by atoms with E-state index in [2.05, 4.69) is 20.2 Å². The predicted molar refractivity (Wildman–Crippen MR) is 136 cm³/mol. The number of carbonyl (C=O) groups is 2. The Balaban J connectivity index is 1.48. The lowest BCUT2D eigenvalue weighted by Gasteiger charge is -2.28. The Morgan fingerprint density at radius 3 is 2.78 bits per heavy atom. The molecule has 1 amide bonds. The zero-order valence-corrected chi connectivity index (χ0v) is 20.1. The van der Waals surface area contributed by atoms with Crippen molar-refractivity contribution in [2.75, 3.05) is 43.1 Å². The number of fused-ring (bicyclic) bond motifs is 1. The molecular weight excluding hydrogens is 462 g/mol. The van der Waals surface area contributed by atoms with E-state index in [0.29, 0.717) is 55.3 Å². The van der Waals surface area contributed by atoms with Crippen LogP contribution < -0.4 is 15.8 Å². The van der Waals surface area contributed by atoms with Gasteiger partial charge in [-0.25, -0.2) is 9.78 Å². The first kappa shape index (κ1) is 24.0. The monoisotopic (exact) mass is 491 g/mol. The van der Waals surface area contributed by atoms with Gasteiger partial charge in [-0.05, 0) is 55.2 Å². The molecule has 36 heavy (non-hydrogen) atoms. The van der Waals surface area contributed by atoms with Crippen LogP contribution in [-0.4, -0.2) is 70.7 Å². The highest BCUT2D eigenvalue weighted by Crippen LogP contribution is 2.29. The first-order valence-corrected chi connectivity index (χ1v) is 12.1. The van der Waals surface area contributed by atoms with Crippen LogP contribution in [0.5, 0.6) is 0 Å². The van der Waals surface area contributed by atoms with E-state index in [1.165, 1.54) is 6.07 Å². The van der Waals surface area contributed by atoms with E-state index in [4.69, 9.17) is 4.74 Å². The van der Waals surface area contributed by atoms with E-state index in [1.54, 1.807) is 23.2 Å². The van der Waals surface area contributed by atoms with E-state index < -0.39 is 12.0 Å². The second-order valence-electron chi connectivity index (χ2n) is 9.32. The SMILES string of the molecule is Cc1cc(=O)[nH]c2ccc(NC(=O)c3cc(CN4CCOCC4)cnc3N3CCC[C@@H]3C(=O)O)cc12. The molecule has 0 spiro atoms. The van der Waals surface area contributed by atoms with E-state index >= 15 is 0 Å². The Morgan fingerprint density at radius 2 is 2.00 bits per heavy atom. The molecule has 5 rings (SSSR count). The van der Waals surface area contributed by atoms with Crippen molar-refractivity contribution < 1.29 is 19.4 Å². The number of carbonyl (C=O) groups excluding carboxylic acids is 1. The van der Waals surface area contributed by atoms with Gasteiger partial charge in [-0.15, -0.1) is 0 Å². The number of rotatable bonds is 6. The van der Waals surface area contributed by atoms with E-state index in [9.17, 15) is 19.5 Å². The molecular formula is C26H29N5O5. The van der Waals surface area contributed by atoms with Crippen LogP contribution in [0.2, 0.25) is 0 Å². The Bertz CT molecular complexity index is 1360. The second-order valence-corrected chi connectivity index (χ2v) is 9.32. The Hall–Kier alpha value is -3.76. The van der Waals surface area contributed by atoms with Gasteiger partial charge >= 0.3 is 5.97 Å². The topological polar surface area (TPSA) is 128 Å². The molecule has 0 aliphatic carbocycles. The molecule has 3 N–H and O–H groups in total. The van der Waals surface area contributed by atoms with Gasteiger partial charge in [0.2, 0.25) is 5.56 Å². The lowest BCUT2D eigenvalue weighted by Crippen LogP contribution is -2.38. The van der Waals surface area contributed by atoms with Gasteiger partial charge in [-0.1, -0.05) is 0 Å². The van der Waals surface area contributed by atoms with Crippen LogP contribution in [0.1, 0.15) is 34.3 Å². The van der Waals surface area contributed by atoms with Crippen LogP contribution in [0.4, 0.5) is 11.5 Å². The fourth-order valence-electron chi connectivity index (χ4n) is 4.98. The molecule has 2 aliphatic rings. The van der Waals surface area contributed by atoms with Crippen molar-refractivity contribution >= 4 is 34.3 Å². The third-order valence-corrected chi connectivity index (χ3v) is 6.80. The third-order valence-electron chi connectivity index (χ3n) is 6.80. The Morgan fingerprint density at radius 1 is 1.19 bits per heavy atom. The van der Waals surface area contributed by atoms with Crippen molar-refractivity contribution in [2.45, 2.75) is 32.4 Å². The summed E-state index contributed by atoms with van der Waals surface area (Å²) >= 11 is 0. The van der Waals surface area contributed by atoms with Crippen molar-refractivity contribution in [3.05, 3.63) is 63.6 Å². The van der Waals surface area contributed by atoms with Gasteiger partial charge in [0.15, 0.2) is 0 Å². The van der Waals surface area contributed by atoms with Gasteiger partial charge < -0.3 is 25.0 Å². The average Bonchev–Trinajstić information content (AvgIpc) is 3.35. The summed E-state index contributed by atoms with van der Waals surface area (Å²) in [6.45, 7) is 5.93. The molecule has 10 heteroatoms. The number of aromatic amines is 1. The van der Waals surface area contributed by atoms with Gasteiger partial charge in [0, 0.05) is 55.0 Å². The number of carboxylic acid groups (broad SMARTS) is 1. The van der Waals surface area contributed by atoms with Crippen LogP contribution in [0.3, 0.4) is 0 Å². The number of carboxylic acids is 1. The number of amides is 1. The highest BCUT2D eigenvalue weighted by molar-refractivity contribution is 6.08. The fourth-order valence-corrected chi connectivity index (χ4v) is 4.98. The number of hydrogen-bond acceptors (Lipinski definition) is 7. The summed E-state index contributed by atoms with van der Waals surface area (Å²) < 4.78 is 5.43. The number of hydrogen-bond donors (Lipinski definition) is 3. The summed E-state index contributed by atoms with van der Waals surface area (Å²) in [6.07, 6.45) is 2.96. The molecule has 2 fully saturated rings. The van der Waals surface area contributed by atoms with Crippen molar-refractivity contribution in [3.8, 4) is 0 Å². The average molecular weight is 492 g/mol. The number of ether oxygens (including phenoxy) is 1. The minimum atomic E-state index is -0.919. The second kappa shape index (κ2) is 10.1. The maximum absolute atomic E-state index is 13.6. The largest absolute Gasteiger partial charge is 0.480 e. The molecule has 10 nitrogen and oxygen atoms in total. The van der Waals surface area contributed by atoms with Crippen molar-refractivity contribution in [2.24, 2.45) is 0 Å². The van der Waals surface area contributed by atoms with Crippen molar-refractivity contribution in [1.82, 2.24) is 14.9 Å². The van der Waals surface area contributed by atoms with Gasteiger partial charge in [0.05, 0.1) is 18.8 Å². The number of aliphatic carboxylic acids is 1. The van der Waals surface area contributed by atoms with Crippen molar-refractivity contribution in [3.63, 3.8) is 0 Å². The molecule has 2 aliphatic heterocycles. The number of nitrogens with one attached hydrogen (secondary N) is 2. The normalized spacial score (nSPS) is 18.5. The molecule has 3 aromatic rings. The van der Waals surface area contributed by atoms with Gasteiger partial charge in [0.1, 0.15) is 11.9 Å². The van der Waals surface area contributed by atoms with Crippen LogP contribution in [0, 0.1) is 6.92 Å². The lowest BCUT2D eigenvalue weighted by molar-refractivity contribution is -0.138. The summed E-state index contributed by atoms with van der Waals surface area (Å²) in [5.41, 5.74) is 3.11. The molecule has 0 radical (unpaired) electrons. The third kappa shape index (κ3) is 4.95. The number of pyridine rings is 2. The van der Waals surface area contributed by atoms with Crippen LogP contribution in [0.15, 0.2) is 41.3 Å². The van der Waals surface area contributed by atoms with Gasteiger partial charge in [-0.3, -0.25) is 14.5 Å². The fraction of sp³-hybridized carbons (Fsp3) is 0.385. The maximum atomic E-state index is 13.6. The zero-order chi connectivity index (χ0) is 25.2. The number of H-pyrrole nitrogens is 1. The molecule has 2 saturated heterocycles. The zero-order valence-electron chi connectivity index (χ0n) is 20.1. The molecule has 2 aromatic heterocycles. The summed E-state index contributed by atoms with van der Waals surface area (Å²) in [4.78, 5) is 48.6. The molecule has 188 valence electrons. The predicted octanol–water partition coefficient (Wildman–Crippen LogP) is 2.37. The van der Waals surface area contributed by atoms with Crippen molar-refractivity contribution in [1.29, 1.82) is 0 Å². The molecule has 4 heterocycles. The number of aromatic nitrogens is 2. The lowest BCUT2D eigenvalue weighted by atomic mass is 10.1. The summed E-state index contributed by atoms with van der Waals surface area (Å²) in [7, 11) is 0. The first-order valence-electron chi connectivity index (χ1n) is 12.1. The summed E-state index contributed by atoms with van der Waals surface area (Å²) in [5, 5.41) is 13.5. The molecule has 0 unspecified atom stereocenters.